The van der Waals surface area contributed by atoms with Gasteiger partial charge in [-0.3, -0.25) is 24.0 Å². The fourth-order valence-corrected chi connectivity index (χ4v) is 23.0. The molecule has 1 atom stereocenters. The number of hydrogen-bond donors (Lipinski definition) is 0. The maximum atomic E-state index is 12.6. The summed E-state index contributed by atoms with van der Waals surface area (Å²) in [4.78, 5) is 97.6. The third-order valence-corrected chi connectivity index (χ3v) is 30.7. The van der Waals surface area contributed by atoms with Crippen LogP contribution in [-0.4, -0.2) is 96.6 Å². The third kappa shape index (κ3) is 17.5. The summed E-state index contributed by atoms with van der Waals surface area (Å²) >= 11 is 0. The third-order valence-electron chi connectivity index (χ3n) is 30.7. The molecule has 16 bridgehead atoms. The van der Waals surface area contributed by atoms with E-state index in [4.69, 9.17) is 37.9 Å². The van der Waals surface area contributed by atoms with Gasteiger partial charge in [0.1, 0.15) is 22.4 Å². The second-order valence-corrected chi connectivity index (χ2v) is 39.8. The molecule has 580 valence electrons. The minimum Gasteiger partial charge on any atom is -0.465 e. The molecule has 16 aliphatic rings. The van der Waals surface area contributed by atoms with E-state index in [1.165, 1.54) is 128 Å². The maximum Gasteiger partial charge on any atom is 0.344 e. The molecule has 0 spiro atoms. The predicted octanol–water partition coefficient (Wildman–Crippen LogP) is 18.7. The molecule has 16 saturated carbocycles. The zero-order chi connectivity index (χ0) is 75.2. The number of hydrogen-bond acceptors (Lipinski definition) is 16. The maximum absolute atomic E-state index is 12.6. The topological polar surface area (TPSA) is 210 Å². The molecule has 1 unspecified atom stereocenters. The first-order valence-electron chi connectivity index (χ1n) is 41.0. The quantitative estimate of drug-likeness (QED) is 0.0425. The lowest BCUT2D eigenvalue weighted by Gasteiger charge is -2.74. The minimum absolute atomic E-state index is 0.114. The van der Waals surface area contributed by atoms with Gasteiger partial charge < -0.3 is 37.9 Å². The van der Waals surface area contributed by atoms with Crippen molar-refractivity contribution in [2.75, 3.05) is 26.4 Å². The van der Waals surface area contributed by atoms with E-state index in [2.05, 4.69) is 41.5 Å². The molecule has 0 aromatic carbocycles. The Kier molecular flexibility index (Phi) is 25.0. The molecular formula is C86H140O16. The van der Waals surface area contributed by atoms with Crippen molar-refractivity contribution >= 4 is 47.8 Å². The van der Waals surface area contributed by atoms with Crippen LogP contribution in [0.25, 0.3) is 0 Å². The second kappa shape index (κ2) is 31.2. The minimum atomic E-state index is -0.561. The van der Waals surface area contributed by atoms with E-state index in [0.29, 0.717) is 38.0 Å². The van der Waals surface area contributed by atoms with Crippen LogP contribution in [-0.2, 0) is 76.3 Å². The Morgan fingerprint density at radius 3 is 0.882 bits per heavy atom. The van der Waals surface area contributed by atoms with E-state index in [1.807, 2.05) is 96.9 Å². The highest BCUT2D eigenvalue weighted by Crippen LogP contribution is 2.76. The van der Waals surface area contributed by atoms with Crippen molar-refractivity contribution in [3.8, 4) is 0 Å². The first-order chi connectivity index (χ1) is 47.4. The summed E-state index contributed by atoms with van der Waals surface area (Å²) in [6, 6.07) is 0. The number of esters is 8. The molecular weight excluding hydrogens is 1290 g/mol. The normalized spacial score (nSPS) is 33.4. The van der Waals surface area contributed by atoms with Crippen LogP contribution in [0.4, 0.5) is 0 Å². The van der Waals surface area contributed by atoms with E-state index >= 15 is 0 Å². The average Bonchev–Trinajstić information content (AvgIpc) is 0.716. The van der Waals surface area contributed by atoms with Gasteiger partial charge in [0.05, 0.1) is 28.3 Å². The molecule has 16 nitrogen and oxygen atoms in total. The van der Waals surface area contributed by atoms with E-state index < -0.39 is 62.0 Å². The fraction of sp³-hybridized carbons (Fsp3) is 0.907. The first kappa shape index (κ1) is 81.8. The summed E-state index contributed by atoms with van der Waals surface area (Å²) in [7, 11) is 0. The Morgan fingerprint density at radius 1 is 0.314 bits per heavy atom. The highest BCUT2D eigenvalue weighted by Gasteiger charge is 2.71. The van der Waals surface area contributed by atoms with Gasteiger partial charge in [0.15, 0.2) is 19.8 Å². The van der Waals surface area contributed by atoms with Crippen molar-refractivity contribution in [3.63, 3.8) is 0 Å². The molecule has 0 saturated heterocycles. The van der Waals surface area contributed by atoms with Gasteiger partial charge in [-0.2, -0.15) is 0 Å². The zero-order valence-electron chi connectivity index (χ0n) is 67.4. The molecule has 0 aromatic heterocycles. The average molecular weight is 1430 g/mol. The molecule has 102 heavy (non-hydrogen) atoms. The lowest BCUT2D eigenvalue weighted by molar-refractivity contribution is -0.273. The monoisotopic (exact) mass is 1430 g/mol. The summed E-state index contributed by atoms with van der Waals surface area (Å²) < 4.78 is 44.6. The van der Waals surface area contributed by atoms with Crippen LogP contribution in [0, 0.1) is 121 Å². The Bertz CT molecular complexity index is 2860. The molecule has 16 aliphatic carbocycles. The number of carbonyl (C=O) groups excluding carboxylic acids is 8. The van der Waals surface area contributed by atoms with Gasteiger partial charge in [0, 0.05) is 22.7 Å². The van der Waals surface area contributed by atoms with E-state index in [9.17, 15) is 38.4 Å². The van der Waals surface area contributed by atoms with Crippen LogP contribution in [0.15, 0.2) is 0 Å². The molecule has 0 N–H and O–H groups in total. The SMILES string of the molecule is CCC(C)(C)C(=O)OCC(=O)OC(C)(C)C12CC3C4CC5CC3C(C1)C(C5)C4C2.CCC(C)(C)C(=O)OCC(=O)OC(C)(C)C12CC3CC(CC(C3)C1)C2.CCC(C)(C)C(=O)OCC(=O)OC(C)(CC)C1CCCC1.CCC(C)(C)C(=O)OCCCC(=O)OC(C)(C)C12CC3CC(CC(C3)C1)C2. The van der Waals surface area contributed by atoms with Crippen LogP contribution in [0.5, 0.6) is 0 Å². The van der Waals surface area contributed by atoms with Crippen LogP contribution in [0.3, 0.4) is 0 Å². The molecule has 16 heteroatoms. The summed E-state index contributed by atoms with van der Waals surface area (Å²) in [6.07, 6.45) is 32.7. The summed E-state index contributed by atoms with van der Waals surface area (Å²) in [5, 5.41) is 0. The van der Waals surface area contributed by atoms with Gasteiger partial charge in [-0.25, -0.2) is 14.4 Å². The fourth-order valence-electron chi connectivity index (χ4n) is 23.0. The summed E-state index contributed by atoms with van der Waals surface area (Å²) in [5.41, 5.74) is -3.55. The van der Waals surface area contributed by atoms with Gasteiger partial charge in [0.25, 0.3) is 0 Å². The van der Waals surface area contributed by atoms with Crippen molar-refractivity contribution in [1.82, 2.24) is 0 Å². The lowest BCUT2D eigenvalue weighted by Crippen LogP contribution is -2.69. The van der Waals surface area contributed by atoms with Crippen molar-refractivity contribution in [2.24, 2.45) is 121 Å². The molecule has 16 rings (SSSR count). The summed E-state index contributed by atoms with van der Waals surface area (Å²) in [5.74, 6) is 9.25. The Labute approximate surface area is 615 Å². The van der Waals surface area contributed by atoms with Crippen LogP contribution in [0.1, 0.15) is 325 Å². The standard InChI is InChI=1S/C25H38O4.C23H38O4.C21H34O4.C17H30O4/c1-6-23(2,3)22(27)28-13-21(26)29-24(4,5)25-10-18-15-7-14-8-16(18)20(12-25)17(9-14)19(15)11-25;1-6-21(2,3)20(25)26-9-7-8-19(24)27-22(4,5)23-13-16-10-17(14-23)12-18(11-16)15-23;1-6-19(2,3)18(23)24-13-17(22)25-20(4,5)21-10-14-7-15(11-21)9-16(8-14)12-21;1-6-16(3,4)15(19)20-12-14(18)21-17(5,7-2)13-10-8-9-11-13/h14-20H,6-13H2,1-5H3;16-18H,6-15H2,1-5H3;14-16H,6-13H2,1-5H3;13H,6-12H2,1-5H3. The van der Waals surface area contributed by atoms with Gasteiger partial charge >= 0.3 is 47.8 Å². The molecule has 16 fully saturated rings. The highest BCUT2D eigenvalue weighted by molar-refractivity contribution is 5.81. The highest BCUT2D eigenvalue weighted by atomic mass is 16.6. The second-order valence-electron chi connectivity index (χ2n) is 39.8. The predicted molar refractivity (Wildman–Crippen MR) is 392 cm³/mol. The number of carbonyl (C=O) groups is 8. The van der Waals surface area contributed by atoms with Crippen molar-refractivity contribution in [2.45, 2.75) is 347 Å². The van der Waals surface area contributed by atoms with E-state index in [1.54, 1.807) is 0 Å². The Balaban J connectivity index is 0.000000159. The molecule has 0 aliphatic heterocycles. The largest absolute Gasteiger partial charge is 0.465 e. The lowest BCUT2D eigenvalue weighted by atomic mass is 9.31. The Morgan fingerprint density at radius 2 is 0.588 bits per heavy atom. The molecule has 0 amide bonds. The van der Waals surface area contributed by atoms with Crippen molar-refractivity contribution in [1.29, 1.82) is 0 Å². The smallest absolute Gasteiger partial charge is 0.344 e. The van der Waals surface area contributed by atoms with E-state index in [-0.39, 0.29) is 72.5 Å². The van der Waals surface area contributed by atoms with Gasteiger partial charge in [-0.15, -0.1) is 0 Å². The van der Waals surface area contributed by atoms with E-state index in [0.717, 1.165) is 103 Å². The van der Waals surface area contributed by atoms with Gasteiger partial charge in [0.2, 0.25) is 0 Å². The summed E-state index contributed by atoms with van der Waals surface area (Å²) in [6.45, 7) is 38.7. The van der Waals surface area contributed by atoms with Gasteiger partial charge in [-0.1, -0.05) is 47.5 Å². The molecule has 0 aromatic rings. The first-order valence-corrected chi connectivity index (χ1v) is 41.0. The zero-order valence-corrected chi connectivity index (χ0v) is 67.4. The molecule has 0 radical (unpaired) electrons. The number of ether oxygens (including phenoxy) is 8. The van der Waals surface area contributed by atoms with Crippen LogP contribution in [0.2, 0.25) is 0 Å². The van der Waals surface area contributed by atoms with Gasteiger partial charge in [-0.05, 0) is 354 Å². The van der Waals surface area contributed by atoms with Crippen molar-refractivity contribution in [3.05, 3.63) is 0 Å². The van der Waals surface area contributed by atoms with Crippen LogP contribution >= 0.6 is 0 Å². The van der Waals surface area contributed by atoms with Crippen LogP contribution < -0.4 is 0 Å². The van der Waals surface area contributed by atoms with Crippen molar-refractivity contribution < 1.29 is 76.3 Å². The number of rotatable bonds is 27. The molecule has 0 heterocycles. The Hall–Kier alpha value is -4.24.